The molecule has 0 spiro atoms. The first-order valence-electron chi connectivity index (χ1n) is 10.1. The van der Waals surface area contributed by atoms with E-state index in [4.69, 9.17) is 9.57 Å². The van der Waals surface area contributed by atoms with E-state index in [2.05, 4.69) is 28.6 Å². The zero-order chi connectivity index (χ0) is 21.0. The van der Waals surface area contributed by atoms with Crippen LogP contribution in [0.2, 0.25) is 0 Å². The third-order valence-corrected chi connectivity index (χ3v) is 5.20. The van der Waals surface area contributed by atoms with Gasteiger partial charge >= 0.3 is 0 Å². The fraction of sp³-hybridized carbons (Fsp3) is 0.500. The van der Waals surface area contributed by atoms with Crippen molar-refractivity contribution < 1.29 is 14.4 Å². The van der Waals surface area contributed by atoms with Gasteiger partial charge in [-0.05, 0) is 51.0 Å². The van der Waals surface area contributed by atoms with E-state index in [9.17, 15) is 4.79 Å². The highest BCUT2D eigenvalue weighted by atomic mass is 16.6. The highest BCUT2D eigenvalue weighted by molar-refractivity contribution is 5.97. The number of carbonyl (C=O) groups excluding carboxylic acids is 1. The second-order valence-electron chi connectivity index (χ2n) is 7.69. The lowest BCUT2D eigenvalue weighted by Crippen LogP contribution is -2.35. The van der Waals surface area contributed by atoms with Gasteiger partial charge in [0.05, 0.1) is 25.1 Å². The maximum Gasteiger partial charge on any atom is 0.269 e. The van der Waals surface area contributed by atoms with Crippen LogP contribution in [0.15, 0.2) is 35.5 Å². The number of carbonyl (C=O) groups is 1. The molecule has 2 heterocycles. The Balaban J connectivity index is 1.62. The summed E-state index contributed by atoms with van der Waals surface area (Å²) in [5, 5.41) is 11.7. The number of amides is 1. The Morgan fingerprint density at radius 1 is 1.34 bits per heavy atom. The van der Waals surface area contributed by atoms with Crippen molar-refractivity contribution in [1.82, 2.24) is 15.1 Å². The number of hydrogen-bond donors (Lipinski definition) is 1. The maximum absolute atomic E-state index is 12.7. The number of methoxy groups -OCH3 is 1. The predicted molar refractivity (Wildman–Crippen MR) is 112 cm³/mol. The van der Waals surface area contributed by atoms with Crippen LogP contribution < -0.4 is 10.1 Å². The topological polar surface area (TPSA) is 77.7 Å². The molecule has 1 amide bonds. The lowest BCUT2D eigenvalue weighted by molar-refractivity contribution is 0.0613. The molecule has 29 heavy (non-hydrogen) atoms. The number of aromatic nitrogens is 2. The zero-order valence-corrected chi connectivity index (χ0v) is 17.8. The SMILES string of the molecule is CCC1C(CNC(=O)c2cc(C)nn2C(C)C)=NOC1Cc1cccc(OC)c1. The Morgan fingerprint density at radius 3 is 2.83 bits per heavy atom. The molecule has 0 radical (unpaired) electrons. The first-order chi connectivity index (χ1) is 13.9. The summed E-state index contributed by atoms with van der Waals surface area (Å²) in [7, 11) is 1.66. The minimum absolute atomic E-state index is 0.0394. The van der Waals surface area contributed by atoms with Gasteiger partial charge < -0.3 is 14.9 Å². The van der Waals surface area contributed by atoms with Gasteiger partial charge in [0, 0.05) is 18.4 Å². The fourth-order valence-electron chi connectivity index (χ4n) is 3.71. The molecular weight excluding hydrogens is 368 g/mol. The highest BCUT2D eigenvalue weighted by Gasteiger charge is 2.33. The molecule has 2 aromatic rings. The van der Waals surface area contributed by atoms with Gasteiger partial charge in [-0.1, -0.05) is 24.2 Å². The molecule has 0 bridgehead atoms. The molecule has 2 atom stereocenters. The molecule has 7 nitrogen and oxygen atoms in total. The van der Waals surface area contributed by atoms with E-state index < -0.39 is 0 Å². The Kier molecular flexibility index (Phi) is 6.56. The van der Waals surface area contributed by atoms with Gasteiger partial charge in [0.1, 0.15) is 17.5 Å². The van der Waals surface area contributed by atoms with Crippen molar-refractivity contribution >= 4 is 11.6 Å². The summed E-state index contributed by atoms with van der Waals surface area (Å²) in [6.45, 7) is 8.39. The number of aryl methyl sites for hydroxylation is 1. The van der Waals surface area contributed by atoms with E-state index in [-0.39, 0.29) is 24.0 Å². The monoisotopic (exact) mass is 398 g/mol. The van der Waals surface area contributed by atoms with E-state index in [0.717, 1.165) is 35.6 Å². The number of nitrogens with one attached hydrogen (secondary N) is 1. The first kappa shape index (κ1) is 20.9. The summed E-state index contributed by atoms with van der Waals surface area (Å²) >= 11 is 0. The van der Waals surface area contributed by atoms with Gasteiger partial charge in [-0.25, -0.2) is 0 Å². The summed E-state index contributed by atoms with van der Waals surface area (Å²) in [6, 6.07) is 9.92. The van der Waals surface area contributed by atoms with Crippen LogP contribution in [0.5, 0.6) is 5.75 Å². The molecule has 2 unspecified atom stereocenters. The summed E-state index contributed by atoms with van der Waals surface area (Å²) < 4.78 is 7.06. The number of oxime groups is 1. The number of benzene rings is 1. The predicted octanol–water partition coefficient (Wildman–Crippen LogP) is 3.53. The Morgan fingerprint density at radius 2 is 2.14 bits per heavy atom. The summed E-state index contributed by atoms with van der Waals surface area (Å²) in [4.78, 5) is 18.4. The molecule has 156 valence electrons. The van der Waals surface area contributed by atoms with Crippen LogP contribution in [0.1, 0.15) is 55.0 Å². The van der Waals surface area contributed by atoms with Crippen molar-refractivity contribution in [2.45, 2.75) is 52.7 Å². The molecule has 1 aromatic carbocycles. The Bertz CT molecular complexity index is 888. The van der Waals surface area contributed by atoms with Gasteiger partial charge in [-0.15, -0.1) is 0 Å². The number of ether oxygens (including phenoxy) is 1. The smallest absolute Gasteiger partial charge is 0.269 e. The molecule has 7 heteroatoms. The van der Waals surface area contributed by atoms with Gasteiger partial charge in [-0.3, -0.25) is 9.48 Å². The van der Waals surface area contributed by atoms with E-state index in [1.54, 1.807) is 11.8 Å². The zero-order valence-electron chi connectivity index (χ0n) is 17.8. The minimum atomic E-state index is -0.145. The Hall–Kier alpha value is -2.83. The van der Waals surface area contributed by atoms with Crippen molar-refractivity contribution in [3.8, 4) is 5.75 Å². The van der Waals surface area contributed by atoms with Crippen molar-refractivity contribution in [2.24, 2.45) is 11.1 Å². The largest absolute Gasteiger partial charge is 0.497 e. The van der Waals surface area contributed by atoms with Gasteiger partial charge in [0.2, 0.25) is 0 Å². The normalized spacial score (nSPS) is 18.5. The molecule has 0 saturated heterocycles. The third-order valence-electron chi connectivity index (χ3n) is 5.20. The van der Waals surface area contributed by atoms with Crippen LogP contribution in [-0.4, -0.2) is 41.2 Å². The van der Waals surface area contributed by atoms with Crippen molar-refractivity contribution in [3.63, 3.8) is 0 Å². The molecule has 0 fully saturated rings. The Labute approximate surface area is 172 Å². The van der Waals surface area contributed by atoms with E-state index in [1.807, 2.05) is 45.0 Å². The van der Waals surface area contributed by atoms with Crippen molar-refractivity contribution in [2.75, 3.05) is 13.7 Å². The van der Waals surface area contributed by atoms with E-state index >= 15 is 0 Å². The molecule has 1 aliphatic heterocycles. The van der Waals surface area contributed by atoms with Gasteiger partial charge in [0.15, 0.2) is 0 Å². The lowest BCUT2D eigenvalue weighted by atomic mass is 9.90. The molecule has 0 aliphatic carbocycles. The quantitative estimate of drug-likeness (QED) is 0.738. The number of hydrogen-bond acceptors (Lipinski definition) is 5. The van der Waals surface area contributed by atoms with Crippen LogP contribution in [0.25, 0.3) is 0 Å². The van der Waals surface area contributed by atoms with E-state index in [1.165, 1.54) is 0 Å². The standard InChI is InChI=1S/C22H30N4O3/c1-6-18-19(13-23-22(27)20-10-15(4)24-26(20)14(2)3)25-29-21(18)12-16-8-7-9-17(11-16)28-5/h7-11,14,18,21H,6,12-13H2,1-5H3,(H,23,27). The highest BCUT2D eigenvalue weighted by Crippen LogP contribution is 2.26. The van der Waals surface area contributed by atoms with Crippen molar-refractivity contribution in [1.29, 1.82) is 0 Å². The lowest BCUT2D eigenvalue weighted by Gasteiger charge is -2.18. The average molecular weight is 399 g/mol. The molecule has 0 saturated carbocycles. The number of rotatable bonds is 8. The van der Waals surface area contributed by atoms with Crippen LogP contribution in [0.3, 0.4) is 0 Å². The minimum Gasteiger partial charge on any atom is -0.497 e. The molecule has 1 N–H and O–H groups in total. The average Bonchev–Trinajstić information content (AvgIpc) is 3.29. The first-order valence-corrected chi connectivity index (χ1v) is 10.1. The molecular formula is C22H30N4O3. The van der Waals surface area contributed by atoms with Crippen LogP contribution in [-0.2, 0) is 11.3 Å². The summed E-state index contributed by atoms with van der Waals surface area (Å²) in [5.41, 5.74) is 3.42. The van der Waals surface area contributed by atoms with Crippen LogP contribution in [0, 0.1) is 12.8 Å². The van der Waals surface area contributed by atoms with Gasteiger partial charge in [0.25, 0.3) is 5.91 Å². The number of nitrogens with zero attached hydrogens (tertiary/aromatic N) is 3. The fourth-order valence-corrected chi connectivity index (χ4v) is 3.71. The van der Waals surface area contributed by atoms with Crippen LogP contribution in [0.4, 0.5) is 0 Å². The second-order valence-corrected chi connectivity index (χ2v) is 7.69. The summed E-state index contributed by atoms with van der Waals surface area (Å²) in [6.07, 6.45) is 1.60. The molecule has 3 rings (SSSR count). The third kappa shape index (κ3) is 4.78. The van der Waals surface area contributed by atoms with Crippen LogP contribution >= 0.6 is 0 Å². The summed E-state index contributed by atoms with van der Waals surface area (Å²) in [5.74, 6) is 0.852. The molecule has 1 aliphatic rings. The van der Waals surface area contributed by atoms with E-state index in [0.29, 0.717) is 12.2 Å². The van der Waals surface area contributed by atoms with Crippen molar-refractivity contribution in [3.05, 3.63) is 47.3 Å². The molecule has 1 aromatic heterocycles. The van der Waals surface area contributed by atoms with Gasteiger partial charge in [-0.2, -0.15) is 5.10 Å². The maximum atomic E-state index is 12.7. The second kappa shape index (κ2) is 9.11.